The molecule has 0 saturated heterocycles. The van der Waals surface area contributed by atoms with Crippen LogP contribution < -0.4 is 5.73 Å². The van der Waals surface area contributed by atoms with Gasteiger partial charge in [0.05, 0.1) is 5.56 Å². The molecule has 1 aromatic carbocycles. The Labute approximate surface area is 76.2 Å². The molecule has 1 atom stereocenters. The van der Waals surface area contributed by atoms with Gasteiger partial charge >= 0.3 is 5.97 Å². The van der Waals surface area contributed by atoms with Crippen LogP contribution in [0.5, 0.6) is 0 Å². The standard InChI is InChI=1S/C10H11NO2/c11-9-5-4-6-7(9)2-1-3-8(6)10(12)13/h1-3,9H,4-5,11H2,(H,12,13). The van der Waals surface area contributed by atoms with Crippen LogP contribution in [0.2, 0.25) is 0 Å². The van der Waals surface area contributed by atoms with E-state index in [0.29, 0.717) is 5.56 Å². The van der Waals surface area contributed by atoms with Crippen LogP contribution in [-0.4, -0.2) is 11.1 Å². The number of benzene rings is 1. The van der Waals surface area contributed by atoms with Crippen molar-refractivity contribution in [2.45, 2.75) is 18.9 Å². The fourth-order valence-electron chi connectivity index (χ4n) is 1.89. The predicted octanol–water partition coefficient (Wildman–Crippen LogP) is 1.33. The molecule has 2 rings (SSSR count). The molecule has 0 amide bonds. The van der Waals surface area contributed by atoms with E-state index in [4.69, 9.17) is 10.8 Å². The van der Waals surface area contributed by atoms with E-state index in [1.54, 1.807) is 12.1 Å². The van der Waals surface area contributed by atoms with Gasteiger partial charge in [0, 0.05) is 6.04 Å². The summed E-state index contributed by atoms with van der Waals surface area (Å²) < 4.78 is 0. The zero-order chi connectivity index (χ0) is 9.42. The molecule has 0 aromatic heterocycles. The minimum absolute atomic E-state index is 0.0225. The maximum atomic E-state index is 10.8. The summed E-state index contributed by atoms with van der Waals surface area (Å²) in [6.45, 7) is 0. The number of carboxylic acid groups (broad SMARTS) is 1. The Morgan fingerprint density at radius 2 is 2.31 bits per heavy atom. The summed E-state index contributed by atoms with van der Waals surface area (Å²) in [6.07, 6.45) is 1.65. The number of hydrogen-bond donors (Lipinski definition) is 2. The van der Waals surface area contributed by atoms with Crippen LogP contribution in [0.15, 0.2) is 18.2 Å². The minimum Gasteiger partial charge on any atom is -0.478 e. The Morgan fingerprint density at radius 3 is 3.00 bits per heavy atom. The smallest absolute Gasteiger partial charge is 0.335 e. The number of fused-ring (bicyclic) bond motifs is 1. The fourth-order valence-corrected chi connectivity index (χ4v) is 1.89. The molecule has 0 heterocycles. The molecule has 1 unspecified atom stereocenters. The third kappa shape index (κ3) is 1.21. The molecule has 1 aliphatic carbocycles. The molecule has 1 aliphatic rings. The lowest BCUT2D eigenvalue weighted by molar-refractivity contribution is 0.0696. The average Bonchev–Trinajstić information content (AvgIpc) is 2.48. The van der Waals surface area contributed by atoms with Gasteiger partial charge in [0.2, 0.25) is 0 Å². The number of carbonyl (C=O) groups is 1. The van der Waals surface area contributed by atoms with Crippen molar-refractivity contribution >= 4 is 5.97 Å². The van der Waals surface area contributed by atoms with Gasteiger partial charge < -0.3 is 10.8 Å². The van der Waals surface area contributed by atoms with E-state index in [2.05, 4.69) is 0 Å². The van der Waals surface area contributed by atoms with E-state index in [0.717, 1.165) is 24.0 Å². The normalized spacial score (nSPS) is 19.9. The van der Waals surface area contributed by atoms with E-state index >= 15 is 0 Å². The first-order valence-corrected chi connectivity index (χ1v) is 4.31. The Hall–Kier alpha value is -1.35. The average molecular weight is 177 g/mol. The summed E-state index contributed by atoms with van der Waals surface area (Å²) in [7, 11) is 0. The molecule has 0 radical (unpaired) electrons. The molecule has 0 spiro atoms. The van der Waals surface area contributed by atoms with Crippen LogP contribution >= 0.6 is 0 Å². The first-order valence-electron chi connectivity index (χ1n) is 4.31. The second kappa shape index (κ2) is 2.85. The molecular formula is C10H11NO2. The molecule has 68 valence electrons. The summed E-state index contributed by atoms with van der Waals surface area (Å²) in [5, 5.41) is 8.89. The van der Waals surface area contributed by atoms with Crippen LogP contribution in [0.25, 0.3) is 0 Å². The van der Waals surface area contributed by atoms with Gasteiger partial charge in [-0.3, -0.25) is 0 Å². The Bertz CT molecular complexity index is 360. The summed E-state index contributed by atoms with van der Waals surface area (Å²) in [6, 6.07) is 5.33. The van der Waals surface area contributed by atoms with Gasteiger partial charge in [-0.25, -0.2) is 4.79 Å². The highest BCUT2D eigenvalue weighted by molar-refractivity contribution is 5.90. The van der Waals surface area contributed by atoms with E-state index in [9.17, 15) is 4.79 Å². The third-order valence-corrected chi connectivity index (χ3v) is 2.55. The summed E-state index contributed by atoms with van der Waals surface area (Å²) in [5.74, 6) is -0.856. The zero-order valence-corrected chi connectivity index (χ0v) is 7.16. The van der Waals surface area contributed by atoms with Gasteiger partial charge in [0.1, 0.15) is 0 Å². The zero-order valence-electron chi connectivity index (χ0n) is 7.16. The summed E-state index contributed by atoms with van der Waals surface area (Å²) in [4.78, 5) is 10.8. The molecule has 3 N–H and O–H groups in total. The van der Waals surface area contributed by atoms with Gasteiger partial charge in [0.15, 0.2) is 0 Å². The molecule has 0 saturated carbocycles. The van der Waals surface area contributed by atoms with Gasteiger partial charge in [-0.05, 0) is 30.0 Å². The maximum absolute atomic E-state index is 10.8. The predicted molar refractivity (Wildman–Crippen MR) is 48.7 cm³/mol. The Morgan fingerprint density at radius 1 is 1.54 bits per heavy atom. The van der Waals surface area contributed by atoms with Crippen molar-refractivity contribution in [3.05, 3.63) is 34.9 Å². The number of nitrogens with two attached hydrogens (primary N) is 1. The first kappa shape index (κ1) is 8.26. The lowest BCUT2D eigenvalue weighted by atomic mass is 10.0. The molecule has 0 bridgehead atoms. The number of rotatable bonds is 1. The van der Waals surface area contributed by atoms with Gasteiger partial charge in [-0.2, -0.15) is 0 Å². The van der Waals surface area contributed by atoms with Crippen molar-refractivity contribution in [1.82, 2.24) is 0 Å². The van der Waals surface area contributed by atoms with Gasteiger partial charge in [-0.15, -0.1) is 0 Å². The second-order valence-electron chi connectivity index (χ2n) is 3.32. The summed E-state index contributed by atoms with van der Waals surface area (Å²) in [5.41, 5.74) is 8.15. The SMILES string of the molecule is NC1CCc2c(C(=O)O)cccc21. The minimum atomic E-state index is -0.856. The van der Waals surface area contributed by atoms with Crippen molar-refractivity contribution < 1.29 is 9.90 Å². The quantitative estimate of drug-likeness (QED) is 0.680. The molecular weight excluding hydrogens is 166 g/mol. The van der Waals surface area contributed by atoms with E-state index in [1.165, 1.54) is 0 Å². The van der Waals surface area contributed by atoms with Gasteiger partial charge in [-0.1, -0.05) is 12.1 Å². The van der Waals surface area contributed by atoms with Crippen LogP contribution in [-0.2, 0) is 6.42 Å². The third-order valence-electron chi connectivity index (χ3n) is 2.55. The fraction of sp³-hybridized carbons (Fsp3) is 0.300. The first-order chi connectivity index (χ1) is 6.20. The van der Waals surface area contributed by atoms with Crippen molar-refractivity contribution in [2.75, 3.05) is 0 Å². The molecule has 3 nitrogen and oxygen atoms in total. The lowest BCUT2D eigenvalue weighted by Gasteiger charge is -2.05. The number of carboxylic acids is 1. The van der Waals surface area contributed by atoms with Crippen LogP contribution in [0, 0.1) is 0 Å². The number of aromatic carboxylic acids is 1. The van der Waals surface area contributed by atoms with Crippen molar-refractivity contribution in [3.63, 3.8) is 0 Å². The molecule has 3 heteroatoms. The number of hydrogen-bond acceptors (Lipinski definition) is 2. The van der Waals surface area contributed by atoms with Crippen LogP contribution in [0.1, 0.15) is 33.9 Å². The van der Waals surface area contributed by atoms with Crippen molar-refractivity contribution in [2.24, 2.45) is 5.73 Å². The molecule has 13 heavy (non-hydrogen) atoms. The van der Waals surface area contributed by atoms with Crippen LogP contribution in [0.4, 0.5) is 0 Å². The van der Waals surface area contributed by atoms with E-state index < -0.39 is 5.97 Å². The van der Waals surface area contributed by atoms with Gasteiger partial charge in [0.25, 0.3) is 0 Å². The van der Waals surface area contributed by atoms with Crippen molar-refractivity contribution in [3.8, 4) is 0 Å². The second-order valence-corrected chi connectivity index (χ2v) is 3.32. The topological polar surface area (TPSA) is 63.3 Å². The molecule has 0 aliphatic heterocycles. The highest BCUT2D eigenvalue weighted by atomic mass is 16.4. The highest BCUT2D eigenvalue weighted by Crippen LogP contribution is 2.31. The molecule has 1 aromatic rings. The maximum Gasteiger partial charge on any atom is 0.335 e. The van der Waals surface area contributed by atoms with E-state index in [-0.39, 0.29) is 6.04 Å². The van der Waals surface area contributed by atoms with E-state index in [1.807, 2.05) is 6.07 Å². The Kier molecular flexibility index (Phi) is 1.81. The largest absolute Gasteiger partial charge is 0.478 e. The lowest BCUT2D eigenvalue weighted by Crippen LogP contribution is -2.06. The monoisotopic (exact) mass is 177 g/mol. The molecule has 0 fully saturated rings. The summed E-state index contributed by atoms with van der Waals surface area (Å²) >= 11 is 0. The highest BCUT2D eigenvalue weighted by Gasteiger charge is 2.23. The van der Waals surface area contributed by atoms with Crippen molar-refractivity contribution in [1.29, 1.82) is 0 Å². The Balaban J connectivity index is 2.57. The van der Waals surface area contributed by atoms with Crippen LogP contribution in [0.3, 0.4) is 0 Å².